The Morgan fingerprint density at radius 1 is 0.900 bits per heavy atom. The normalized spacial score (nSPS) is 16.2. The highest BCUT2D eigenvalue weighted by Gasteiger charge is 2.46. The van der Waals surface area contributed by atoms with Gasteiger partial charge in [0.15, 0.2) is 0 Å². The Hall–Kier alpha value is -4.91. The number of likely N-dealkylation sites (tertiary alicyclic amines) is 1. The Kier molecular flexibility index (Phi) is 7.92. The molecule has 1 amide bonds. The first-order valence-electron chi connectivity index (χ1n) is 13.1. The minimum atomic E-state index is -0.784. The molecule has 0 radical (unpaired) electrons. The van der Waals surface area contributed by atoms with E-state index in [4.69, 9.17) is 9.47 Å². The minimum absolute atomic E-state index is 0.0338. The number of benzene rings is 3. The van der Waals surface area contributed by atoms with Crippen molar-refractivity contribution in [3.8, 4) is 11.5 Å². The van der Waals surface area contributed by atoms with Crippen LogP contribution in [0.3, 0.4) is 0 Å². The lowest BCUT2D eigenvalue weighted by Crippen LogP contribution is -2.29. The summed E-state index contributed by atoms with van der Waals surface area (Å²) in [4.78, 5) is 32.2. The van der Waals surface area contributed by atoms with E-state index in [1.807, 2.05) is 50.2 Å². The zero-order chi connectivity index (χ0) is 28.1. The molecule has 7 nitrogen and oxygen atoms in total. The molecule has 0 spiro atoms. The second-order valence-electron chi connectivity index (χ2n) is 9.59. The number of carbonyl (C=O) groups is 2. The first kappa shape index (κ1) is 26.7. The third kappa shape index (κ3) is 5.73. The Labute approximate surface area is 233 Å². The molecule has 1 fully saturated rings. The molecule has 0 saturated carbocycles. The van der Waals surface area contributed by atoms with Crippen LogP contribution in [0.4, 0.5) is 0 Å². The van der Waals surface area contributed by atoms with Crippen molar-refractivity contribution < 1.29 is 24.2 Å². The number of aryl methyl sites for hydroxylation is 1. The molecule has 1 N–H and O–H groups in total. The van der Waals surface area contributed by atoms with E-state index in [0.29, 0.717) is 35.8 Å². The van der Waals surface area contributed by atoms with Crippen molar-refractivity contribution in [2.45, 2.75) is 33.0 Å². The van der Waals surface area contributed by atoms with Gasteiger partial charge >= 0.3 is 0 Å². The molecule has 202 valence electrons. The molecule has 7 heteroatoms. The SMILES string of the molecule is CCOc1ccc([C@@H]2/C(=C(\O)c3ccc(OCc4cccc(C)c4)cc3)C(=O)C(=O)N2Cc2cccnc2)cc1. The summed E-state index contributed by atoms with van der Waals surface area (Å²) in [7, 11) is 0. The lowest BCUT2D eigenvalue weighted by Gasteiger charge is -2.25. The predicted octanol–water partition coefficient (Wildman–Crippen LogP) is 5.99. The average Bonchev–Trinajstić information content (AvgIpc) is 3.22. The van der Waals surface area contributed by atoms with Crippen LogP contribution in [0.5, 0.6) is 11.5 Å². The number of ketones is 1. The summed E-state index contributed by atoms with van der Waals surface area (Å²) in [6, 6.07) is 25.0. The van der Waals surface area contributed by atoms with Crippen LogP contribution in [0.2, 0.25) is 0 Å². The van der Waals surface area contributed by atoms with Gasteiger partial charge in [0.25, 0.3) is 11.7 Å². The predicted molar refractivity (Wildman–Crippen MR) is 152 cm³/mol. The molecule has 4 aromatic rings. The molecule has 2 heterocycles. The maximum atomic E-state index is 13.4. The maximum absolute atomic E-state index is 13.4. The number of ether oxygens (including phenoxy) is 2. The Morgan fingerprint density at radius 3 is 2.27 bits per heavy atom. The van der Waals surface area contributed by atoms with Crippen LogP contribution in [0.25, 0.3) is 5.76 Å². The van der Waals surface area contributed by atoms with E-state index in [-0.39, 0.29) is 17.9 Å². The highest BCUT2D eigenvalue weighted by Crippen LogP contribution is 2.40. The molecule has 0 aliphatic carbocycles. The number of carbonyl (C=O) groups excluding carboxylic acids is 2. The van der Waals surface area contributed by atoms with E-state index in [2.05, 4.69) is 11.1 Å². The third-order valence-electron chi connectivity index (χ3n) is 6.74. The molecule has 5 rings (SSSR count). The summed E-state index contributed by atoms with van der Waals surface area (Å²) in [6.45, 7) is 5.02. The molecule has 1 saturated heterocycles. The summed E-state index contributed by atoms with van der Waals surface area (Å²) >= 11 is 0. The van der Waals surface area contributed by atoms with Crippen molar-refractivity contribution in [2.75, 3.05) is 6.61 Å². The largest absolute Gasteiger partial charge is 0.507 e. The number of hydrogen-bond donors (Lipinski definition) is 1. The summed E-state index contributed by atoms with van der Waals surface area (Å²) in [5.41, 5.74) is 4.12. The topological polar surface area (TPSA) is 89.0 Å². The molecule has 40 heavy (non-hydrogen) atoms. The monoisotopic (exact) mass is 534 g/mol. The second-order valence-corrected chi connectivity index (χ2v) is 9.59. The van der Waals surface area contributed by atoms with Gasteiger partial charge in [-0.05, 0) is 73.0 Å². The number of pyridine rings is 1. The number of Topliss-reactive ketones (excluding diaryl/α,β-unsaturated/α-hetero) is 1. The highest BCUT2D eigenvalue weighted by molar-refractivity contribution is 6.46. The van der Waals surface area contributed by atoms with Gasteiger partial charge in [-0.25, -0.2) is 0 Å². The number of aromatic nitrogens is 1. The second kappa shape index (κ2) is 11.9. The van der Waals surface area contributed by atoms with Crippen LogP contribution in [0.15, 0.2) is 103 Å². The molecule has 0 unspecified atom stereocenters. The number of hydrogen-bond acceptors (Lipinski definition) is 6. The molecule has 1 atom stereocenters. The van der Waals surface area contributed by atoms with Crippen molar-refractivity contribution in [3.05, 3.63) is 131 Å². The van der Waals surface area contributed by atoms with Gasteiger partial charge < -0.3 is 19.5 Å². The minimum Gasteiger partial charge on any atom is -0.507 e. The summed E-state index contributed by atoms with van der Waals surface area (Å²) in [5.74, 6) is -0.353. The third-order valence-corrected chi connectivity index (χ3v) is 6.74. The quantitative estimate of drug-likeness (QED) is 0.161. The smallest absolute Gasteiger partial charge is 0.295 e. The molecule has 0 bridgehead atoms. The zero-order valence-corrected chi connectivity index (χ0v) is 22.4. The maximum Gasteiger partial charge on any atom is 0.295 e. The van der Waals surface area contributed by atoms with Gasteiger partial charge in [0.1, 0.15) is 23.9 Å². The van der Waals surface area contributed by atoms with Crippen molar-refractivity contribution in [1.29, 1.82) is 0 Å². The highest BCUT2D eigenvalue weighted by atomic mass is 16.5. The fraction of sp³-hybridized carbons (Fsp3) is 0.182. The van der Waals surface area contributed by atoms with Gasteiger partial charge in [0.05, 0.1) is 18.2 Å². The lowest BCUT2D eigenvalue weighted by molar-refractivity contribution is -0.140. The van der Waals surface area contributed by atoms with Gasteiger partial charge in [-0.3, -0.25) is 14.6 Å². The van der Waals surface area contributed by atoms with Crippen LogP contribution in [-0.4, -0.2) is 33.3 Å². The standard InChI is InChI=1S/C33H30N2O5/c1-3-39-27-13-9-25(10-14-27)30-29(32(37)33(38)35(30)20-24-8-5-17-34-19-24)31(36)26-11-15-28(16-12-26)40-21-23-7-4-6-22(2)18-23/h4-19,30,36H,3,20-21H2,1-2H3/b31-29+/t30-/m1/s1. The fourth-order valence-corrected chi connectivity index (χ4v) is 4.82. The van der Waals surface area contributed by atoms with Crippen LogP contribution in [0, 0.1) is 6.92 Å². The van der Waals surface area contributed by atoms with E-state index in [9.17, 15) is 14.7 Å². The van der Waals surface area contributed by atoms with Crippen LogP contribution >= 0.6 is 0 Å². The first-order chi connectivity index (χ1) is 19.4. The van der Waals surface area contributed by atoms with Gasteiger partial charge in [-0.15, -0.1) is 0 Å². The van der Waals surface area contributed by atoms with Crippen molar-refractivity contribution in [1.82, 2.24) is 9.88 Å². The van der Waals surface area contributed by atoms with Crippen molar-refractivity contribution >= 4 is 17.4 Å². The molecule has 1 aromatic heterocycles. The van der Waals surface area contributed by atoms with Crippen molar-refractivity contribution in [2.24, 2.45) is 0 Å². The molecular weight excluding hydrogens is 504 g/mol. The molecular formula is C33H30N2O5. The summed E-state index contributed by atoms with van der Waals surface area (Å²) in [5, 5.41) is 11.4. The van der Waals surface area contributed by atoms with E-state index in [1.54, 1.807) is 54.9 Å². The van der Waals surface area contributed by atoms with Crippen molar-refractivity contribution in [3.63, 3.8) is 0 Å². The molecule has 1 aliphatic heterocycles. The van der Waals surface area contributed by atoms with E-state index in [1.165, 1.54) is 4.90 Å². The Balaban J connectivity index is 1.47. The number of rotatable bonds is 9. The number of aliphatic hydroxyl groups is 1. The first-order valence-corrected chi connectivity index (χ1v) is 13.1. The number of amides is 1. The zero-order valence-electron chi connectivity index (χ0n) is 22.4. The van der Waals surface area contributed by atoms with Gasteiger partial charge in [0.2, 0.25) is 0 Å². The average molecular weight is 535 g/mol. The number of aliphatic hydroxyl groups excluding tert-OH is 1. The Morgan fingerprint density at radius 2 is 1.60 bits per heavy atom. The summed E-state index contributed by atoms with van der Waals surface area (Å²) < 4.78 is 11.5. The fourth-order valence-electron chi connectivity index (χ4n) is 4.82. The van der Waals surface area contributed by atoms with Crippen LogP contribution < -0.4 is 9.47 Å². The van der Waals surface area contributed by atoms with Crippen LogP contribution in [0.1, 0.15) is 40.8 Å². The van der Waals surface area contributed by atoms with E-state index in [0.717, 1.165) is 16.7 Å². The lowest BCUT2D eigenvalue weighted by atomic mass is 9.95. The molecule has 3 aromatic carbocycles. The van der Waals surface area contributed by atoms with Gasteiger partial charge in [0, 0.05) is 24.5 Å². The molecule has 1 aliphatic rings. The van der Waals surface area contributed by atoms with E-state index < -0.39 is 17.7 Å². The Bertz CT molecular complexity index is 1530. The van der Waals surface area contributed by atoms with Crippen LogP contribution in [-0.2, 0) is 22.7 Å². The van der Waals surface area contributed by atoms with Gasteiger partial charge in [-0.2, -0.15) is 0 Å². The summed E-state index contributed by atoms with van der Waals surface area (Å²) in [6.07, 6.45) is 3.31. The van der Waals surface area contributed by atoms with Gasteiger partial charge in [-0.1, -0.05) is 48.0 Å². The number of nitrogens with zero attached hydrogens (tertiary/aromatic N) is 2. The van der Waals surface area contributed by atoms with E-state index >= 15 is 0 Å².